The van der Waals surface area contributed by atoms with E-state index in [4.69, 9.17) is 9.47 Å². The van der Waals surface area contributed by atoms with Crippen LogP contribution in [0.1, 0.15) is 45.6 Å². The maximum Gasteiger partial charge on any atom is 0.408 e. The van der Waals surface area contributed by atoms with Gasteiger partial charge in [-0.3, -0.25) is 4.79 Å². The van der Waals surface area contributed by atoms with Crippen LogP contribution in [-0.4, -0.2) is 70.6 Å². The van der Waals surface area contributed by atoms with Crippen molar-refractivity contribution in [2.24, 2.45) is 0 Å². The van der Waals surface area contributed by atoms with E-state index >= 15 is 0 Å². The number of carbonyl (C=O) groups excluding carboxylic acids is 4. The molecule has 11 nitrogen and oxygen atoms in total. The molecule has 3 N–H and O–H groups in total. The van der Waals surface area contributed by atoms with Gasteiger partial charge in [0.05, 0.1) is 6.04 Å². The van der Waals surface area contributed by atoms with E-state index in [2.05, 4.69) is 10.6 Å². The zero-order valence-corrected chi connectivity index (χ0v) is 19.5. The van der Waals surface area contributed by atoms with Crippen molar-refractivity contribution >= 4 is 30.3 Å². The first kappa shape index (κ1) is 26.6. The summed E-state index contributed by atoms with van der Waals surface area (Å²) in [7, 11) is 0. The minimum Gasteiger partial charge on any atom is -0.480 e. The molecule has 0 spiro atoms. The molecular formula is C23H31N3O8. The third-order valence-corrected chi connectivity index (χ3v) is 5.03. The minimum atomic E-state index is -1.24. The van der Waals surface area contributed by atoms with Crippen LogP contribution in [0.3, 0.4) is 0 Å². The normalized spacial score (nSPS) is 18.5. The Kier molecular flexibility index (Phi) is 9.40. The number of nitrogens with zero attached hydrogens (tertiary/aromatic N) is 1. The standard InChI is InChI=1S/C23H31N3O8/c1-23(2,3)34-22(32)25-17(19(28)26-16(13-27)9-10-18(26)20(29)30)11-12-24-21(31)33-14-15-7-5-4-6-8-15/h4-8,13,16-18H,9-12,14H2,1-3H3,(H,24,31)(H,25,32)(H,29,30)/t16-,17?,18+/m1/s1. The lowest BCUT2D eigenvalue weighted by molar-refractivity contribution is -0.151. The fourth-order valence-corrected chi connectivity index (χ4v) is 3.51. The van der Waals surface area contributed by atoms with Crippen molar-refractivity contribution in [1.82, 2.24) is 15.5 Å². The number of rotatable bonds is 9. The first-order valence-electron chi connectivity index (χ1n) is 11.0. The van der Waals surface area contributed by atoms with E-state index in [0.29, 0.717) is 6.29 Å². The highest BCUT2D eigenvalue weighted by Gasteiger charge is 2.43. The zero-order chi connectivity index (χ0) is 25.3. The lowest BCUT2D eigenvalue weighted by Crippen LogP contribution is -2.55. The van der Waals surface area contributed by atoms with Crippen molar-refractivity contribution < 1.29 is 38.6 Å². The van der Waals surface area contributed by atoms with E-state index < -0.39 is 47.8 Å². The van der Waals surface area contributed by atoms with E-state index in [1.807, 2.05) is 18.2 Å². The molecule has 3 atom stereocenters. The molecule has 34 heavy (non-hydrogen) atoms. The first-order chi connectivity index (χ1) is 16.0. The molecule has 11 heteroatoms. The number of hydrogen-bond donors (Lipinski definition) is 3. The molecule has 1 aromatic carbocycles. The molecule has 3 amide bonds. The highest BCUT2D eigenvalue weighted by atomic mass is 16.6. The van der Waals surface area contributed by atoms with Gasteiger partial charge in [-0.2, -0.15) is 0 Å². The molecule has 1 fully saturated rings. The summed E-state index contributed by atoms with van der Waals surface area (Å²) in [6.07, 6.45) is -0.838. The second-order valence-electron chi connectivity index (χ2n) is 8.86. The Bertz CT molecular complexity index is 884. The van der Waals surface area contributed by atoms with Gasteiger partial charge in [0.2, 0.25) is 5.91 Å². The van der Waals surface area contributed by atoms with Gasteiger partial charge in [-0.1, -0.05) is 30.3 Å². The predicted octanol–water partition coefficient (Wildman–Crippen LogP) is 1.84. The Hall–Kier alpha value is -3.63. The first-order valence-corrected chi connectivity index (χ1v) is 11.0. The molecule has 1 unspecified atom stereocenters. The Balaban J connectivity index is 2.04. The van der Waals surface area contributed by atoms with Crippen LogP contribution >= 0.6 is 0 Å². The highest BCUT2D eigenvalue weighted by molar-refractivity contribution is 5.92. The molecule has 1 aromatic rings. The molecular weight excluding hydrogens is 446 g/mol. The van der Waals surface area contributed by atoms with Crippen LogP contribution in [0.5, 0.6) is 0 Å². The molecule has 0 bridgehead atoms. The second-order valence-corrected chi connectivity index (χ2v) is 8.86. The van der Waals surface area contributed by atoms with Crippen LogP contribution in [0.2, 0.25) is 0 Å². The number of carboxylic acid groups (broad SMARTS) is 1. The van der Waals surface area contributed by atoms with Crippen LogP contribution in [0.15, 0.2) is 30.3 Å². The molecule has 1 heterocycles. The van der Waals surface area contributed by atoms with E-state index in [1.54, 1.807) is 32.9 Å². The van der Waals surface area contributed by atoms with E-state index in [0.717, 1.165) is 10.5 Å². The molecule has 0 aliphatic carbocycles. The van der Waals surface area contributed by atoms with Crippen LogP contribution < -0.4 is 10.6 Å². The van der Waals surface area contributed by atoms with Gasteiger partial charge < -0.3 is 34.9 Å². The number of benzene rings is 1. The predicted molar refractivity (Wildman–Crippen MR) is 120 cm³/mol. The summed E-state index contributed by atoms with van der Waals surface area (Å²) in [5.74, 6) is -1.98. The summed E-state index contributed by atoms with van der Waals surface area (Å²) in [6, 6.07) is 5.72. The molecule has 1 saturated heterocycles. The summed E-state index contributed by atoms with van der Waals surface area (Å²) in [4.78, 5) is 61.6. The molecule has 186 valence electrons. The number of hydrogen-bond acceptors (Lipinski definition) is 7. The zero-order valence-electron chi connectivity index (χ0n) is 19.5. The Morgan fingerprint density at radius 2 is 1.82 bits per heavy atom. The number of likely N-dealkylation sites (tertiary alicyclic amines) is 1. The van der Waals surface area contributed by atoms with E-state index in [1.165, 1.54) is 0 Å². The van der Waals surface area contributed by atoms with Crippen molar-refractivity contribution in [2.75, 3.05) is 6.54 Å². The number of ether oxygens (including phenoxy) is 2. The van der Waals surface area contributed by atoms with Gasteiger partial charge in [0.25, 0.3) is 0 Å². The number of alkyl carbamates (subject to hydrolysis) is 2. The molecule has 1 aliphatic rings. The van der Waals surface area contributed by atoms with Crippen LogP contribution in [0, 0.1) is 0 Å². The van der Waals surface area contributed by atoms with E-state index in [9.17, 15) is 29.1 Å². The van der Waals surface area contributed by atoms with Crippen molar-refractivity contribution in [3.63, 3.8) is 0 Å². The second kappa shape index (κ2) is 12.0. The van der Waals surface area contributed by atoms with Gasteiger partial charge in [-0.15, -0.1) is 0 Å². The fraction of sp³-hybridized carbons (Fsp3) is 0.522. The van der Waals surface area contributed by atoms with Gasteiger partial charge in [0.15, 0.2) is 0 Å². The quantitative estimate of drug-likeness (QED) is 0.456. The topological polar surface area (TPSA) is 151 Å². The smallest absolute Gasteiger partial charge is 0.408 e. The number of nitrogens with one attached hydrogen (secondary N) is 2. The highest BCUT2D eigenvalue weighted by Crippen LogP contribution is 2.25. The number of aliphatic carboxylic acids is 1. The summed E-state index contributed by atoms with van der Waals surface area (Å²) >= 11 is 0. The Labute approximate surface area is 197 Å². The van der Waals surface area contributed by atoms with Crippen molar-refractivity contribution in [3.05, 3.63) is 35.9 Å². The average molecular weight is 478 g/mol. The largest absolute Gasteiger partial charge is 0.480 e. The van der Waals surface area contributed by atoms with Crippen LogP contribution in [0.25, 0.3) is 0 Å². The van der Waals surface area contributed by atoms with Crippen LogP contribution in [-0.2, 0) is 30.5 Å². The molecule has 1 aliphatic heterocycles. The molecule has 0 radical (unpaired) electrons. The van der Waals surface area contributed by atoms with Crippen LogP contribution in [0.4, 0.5) is 9.59 Å². The molecule has 0 aromatic heterocycles. The van der Waals surface area contributed by atoms with Crippen molar-refractivity contribution in [3.8, 4) is 0 Å². The van der Waals surface area contributed by atoms with Gasteiger partial charge in [-0.05, 0) is 45.6 Å². The van der Waals surface area contributed by atoms with E-state index in [-0.39, 0.29) is 32.4 Å². The van der Waals surface area contributed by atoms with Crippen molar-refractivity contribution in [2.45, 2.75) is 70.4 Å². The van der Waals surface area contributed by atoms with Gasteiger partial charge in [0.1, 0.15) is 30.6 Å². The van der Waals surface area contributed by atoms with Gasteiger partial charge >= 0.3 is 18.2 Å². The number of carbonyl (C=O) groups is 5. The fourth-order valence-electron chi connectivity index (χ4n) is 3.51. The monoisotopic (exact) mass is 477 g/mol. The maximum atomic E-state index is 13.2. The summed E-state index contributed by atoms with van der Waals surface area (Å²) in [5.41, 5.74) is -0.0364. The van der Waals surface area contributed by atoms with Gasteiger partial charge in [0, 0.05) is 6.54 Å². The summed E-state index contributed by atoms with van der Waals surface area (Å²) in [5, 5.41) is 14.4. The lowest BCUT2D eigenvalue weighted by Gasteiger charge is -2.30. The molecule has 2 rings (SSSR count). The summed E-state index contributed by atoms with van der Waals surface area (Å²) < 4.78 is 10.3. The molecule has 0 saturated carbocycles. The third kappa shape index (κ3) is 8.05. The van der Waals surface area contributed by atoms with Gasteiger partial charge in [-0.25, -0.2) is 14.4 Å². The maximum absolute atomic E-state index is 13.2. The Morgan fingerprint density at radius 1 is 1.15 bits per heavy atom. The average Bonchev–Trinajstić information content (AvgIpc) is 3.20. The Morgan fingerprint density at radius 3 is 2.41 bits per heavy atom. The number of carboxylic acids is 1. The number of aldehydes is 1. The SMILES string of the molecule is CC(C)(C)OC(=O)NC(CCNC(=O)OCc1ccccc1)C(=O)N1[C@@H](C=O)CC[C@H]1C(=O)O. The minimum absolute atomic E-state index is 0.0558. The third-order valence-electron chi connectivity index (χ3n) is 5.03. The lowest BCUT2D eigenvalue weighted by atomic mass is 10.1. The summed E-state index contributed by atoms with van der Waals surface area (Å²) in [6.45, 7) is 4.95. The number of amides is 3. The van der Waals surface area contributed by atoms with Crippen molar-refractivity contribution in [1.29, 1.82) is 0 Å².